The molecular weight excluding hydrogens is 310 g/mol. The zero-order valence-electron chi connectivity index (χ0n) is 13.8. The molecule has 0 radical (unpaired) electrons. The van der Waals surface area contributed by atoms with Crippen LogP contribution in [0, 0.1) is 18.8 Å². The van der Waals surface area contributed by atoms with Gasteiger partial charge in [0.1, 0.15) is 11.9 Å². The summed E-state index contributed by atoms with van der Waals surface area (Å²) in [4.78, 5) is 23.2. The minimum atomic E-state index is -0.891. The Morgan fingerprint density at radius 1 is 1.17 bits per heavy atom. The summed E-state index contributed by atoms with van der Waals surface area (Å²) in [6.07, 6.45) is 3.15. The summed E-state index contributed by atoms with van der Waals surface area (Å²) in [6, 6.07) is 5.52. The van der Waals surface area contributed by atoms with Gasteiger partial charge in [-0.05, 0) is 43.5 Å². The van der Waals surface area contributed by atoms with Crippen molar-refractivity contribution in [2.24, 2.45) is 11.8 Å². The molecule has 0 spiro atoms. The lowest BCUT2D eigenvalue weighted by molar-refractivity contribution is -0.151. The molecule has 1 amide bonds. The maximum Gasteiger partial charge on any atom is 0.307 e. The van der Waals surface area contributed by atoms with E-state index < -0.39 is 17.8 Å². The van der Waals surface area contributed by atoms with E-state index in [9.17, 15) is 9.59 Å². The Morgan fingerprint density at radius 2 is 1.88 bits per heavy atom. The van der Waals surface area contributed by atoms with Crippen molar-refractivity contribution in [3.05, 3.63) is 23.8 Å². The number of aliphatic carboxylic acids is 1. The highest BCUT2D eigenvalue weighted by Crippen LogP contribution is 2.35. The van der Waals surface area contributed by atoms with E-state index in [2.05, 4.69) is 5.32 Å². The third-order valence-electron chi connectivity index (χ3n) is 4.83. The molecule has 1 aliphatic carbocycles. The van der Waals surface area contributed by atoms with Crippen LogP contribution in [-0.2, 0) is 14.3 Å². The van der Waals surface area contributed by atoms with Gasteiger partial charge in [-0.3, -0.25) is 9.59 Å². The molecule has 6 nitrogen and oxygen atoms in total. The van der Waals surface area contributed by atoms with Crippen molar-refractivity contribution in [2.75, 3.05) is 18.5 Å². The minimum Gasteiger partial charge on any atom is -0.490 e. The van der Waals surface area contributed by atoms with E-state index >= 15 is 0 Å². The zero-order chi connectivity index (χ0) is 17.1. The first kappa shape index (κ1) is 16.8. The molecule has 24 heavy (non-hydrogen) atoms. The molecular formula is C18H23NO5. The summed E-state index contributed by atoms with van der Waals surface area (Å²) in [5, 5.41) is 11.9. The predicted octanol–water partition coefficient (Wildman–Crippen LogP) is 2.60. The molecule has 0 aromatic heterocycles. The Kier molecular flexibility index (Phi) is 5.04. The van der Waals surface area contributed by atoms with E-state index in [1.54, 1.807) is 6.07 Å². The van der Waals surface area contributed by atoms with Crippen LogP contribution in [0.2, 0.25) is 0 Å². The first-order valence-corrected chi connectivity index (χ1v) is 8.43. The standard InChI is InChI=1S/C18H23NO5/c1-11-10-12(19-17(20)14-3-4-15(14)18(21)22)2-5-16(11)24-13-6-8-23-9-7-13/h2,5,10,13-15H,3-4,6-9H2,1H3,(H,19,20)(H,21,22). The summed E-state index contributed by atoms with van der Waals surface area (Å²) >= 11 is 0. The van der Waals surface area contributed by atoms with Crippen molar-refractivity contribution in [1.82, 2.24) is 0 Å². The molecule has 2 N–H and O–H groups in total. The molecule has 3 rings (SSSR count). The Labute approximate surface area is 141 Å². The van der Waals surface area contributed by atoms with E-state index in [0.29, 0.717) is 18.5 Å². The molecule has 1 aliphatic heterocycles. The first-order chi connectivity index (χ1) is 11.5. The first-order valence-electron chi connectivity index (χ1n) is 8.43. The van der Waals surface area contributed by atoms with Gasteiger partial charge in [-0.25, -0.2) is 0 Å². The van der Waals surface area contributed by atoms with Gasteiger partial charge >= 0.3 is 5.97 Å². The number of hydrogen-bond acceptors (Lipinski definition) is 4. The van der Waals surface area contributed by atoms with E-state index in [4.69, 9.17) is 14.6 Å². The quantitative estimate of drug-likeness (QED) is 0.865. The van der Waals surface area contributed by atoms with Gasteiger partial charge in [-0.1, -0.05) is 0 Å². The van der Waals surface area contributed by atoms with Crippen molar-refractivity contribution in [3.8, 4) is 5.75 Å². The molecule has 1 saturated heterocycles. The minimum absolute atomic E-state index is 0.171. The summed E-state index contributed by atoms with van der Waals surface area (Å²) in [5.41, 5.74) is 1.62. The number of hydrogen-bond donors (Lipinski definition) is 2. The number of benzene rings is 1. The number of carboxylic acids is 1. The average molecular weight is 333 g/mol. The van der Waals surface area contributed by atoms with Gasteiger partial charge in [0.05, 0.1) is 25.0 Å². The fourth-order valence-electron chi connectivity index (χ4n) is 3.18. The molecule has 2 atom stereocenters. The molecule has 2 aliphatic rings. The fourth-order valence-corrected chi connectivity index (χ4v) is 3.18. The van der Waals surface area contributed by atoms with Crippen molar-refractivity contribution in [2.45, 2.75) is 38.7 Å². The zero-order valence-corrected chi connectivity index (χ0v) is 13.8. The third-order valence-corrected chi connectivity index (χ3v) is 4.83. The van der Waals surface area contributed by atoms with Crippen LogP contribution < -0.4 is 10.1 Å². The fraction of sp³-hybridized carbons (Fsp3) is 0.556. The Hall–Kier alpha value is -2.08. The maximum atomic E-state index is 12.2. The van der Waals surface area contributed by atoms with Gasteiger partial charge in [-0.2, -0.15) is 0 Å². The summed E-state index contributed by atoms with van der Waals surface area (Å²) in [7, 11) is 0. The maximum absolute atomic E-state index is 12.2. The van der Waals surface area contributed by atoms with Crippen LogP contribution in [0.15, 0.2) is 18.2 Å². The van der Waals surface area contributed by atoms with Gasteiger partial charge in [0.25, 0.3) is 0 Å². The second-order valence-electron chi connectivity index (χ2n) is 6.53. The third kappa shape index (κ3) is 3.70. The number of carbonyl (C=O) groups excluding carboxylic acids is 1. The molecule has 0 bridgehead atoms. The number of carbonyl (C=O) groups is 2. The lowest BCUT2D eigenvalue weighted by Crippen LogP contribution is -2.41. The highest BCUT2D eigenvalue weighted by Gasteiger charge is 2.41. The second-order valence-corrected chi connectivity index (χ2v) is 6.53. The van der Waals surface area contributed by atoms with Crippen molar-refractivity contribution >= 4 is 17.6 Å². The van der Waals surface area contributed by atoms with Crippen LogP contribution in [-0.4, -0.2) is 36.3 Å². The second kappa shape index (κ2) is 7.21. The van der Waals surface area contributed by atoms with Crippen LogP contribution in [0.1, 0.15) is 31.2 Å². The van der Waals surface area contributed by atoms with Crippen LogP contribution in [0.5, 0.6) is 5.75 Å². The molecule has 2 unspecified atom stereocenters. The number of rotatable bonds is 5. The normalized spacial score (nSPS) is 24.0. The average Bonchev–Trinajstić information content (AvgIpc) is 2.49. The lowest BCUT2D eigenvalue weighted by atomic mass is 9.73. The molecule has 6 heteroatoms. The van der Waals surface area contributed by atoms with E-state index in [1.807, 2.05) is 19.1 Å². The molecule has 130 valence electrons. The smallest absolute Gasteiger partial charge is 0.307 e. The highest BCUT2D eigenvalue weighted by molar-refractivity contribution is 5.96. The van der Waals surface area contributed by atoms with Crippen molar-refractivity contribution in [3.63, 3.8) is 0 Å². The van der Waals surface area contributed by atoms with E-state index in [1.165, 1.54) is 0 Å². The number of ether oxygens (including phenoxy) is 2. The van der Waals surface area contributed by atoms with Crippen LogP contribution in [0.3, 0.4) is 0 Å². The molecule has 1 aromatic carbocycles. The van der Waals surface area contributed by atoms with Gasteiger partial charge in [0, 0.05) is 18.5 Å². The molecule has 1 saturated carbocycles. The monoisotopic (exact) mass is 333 g/mol. The van der Waals surface area contributed by atoms with Crippen LogP contribution in [0.4, 0.5) is 5.69 Å². The molecule has 2 fully saturated rings. The summed E-state index contributed by atoms with van der Waals surface area (Å²) in [6.45, 7) is 3.39. The van der Waals surface area contributed by atoms with Gasteiger partial charge in [0.15, 0.2) is 0 Å². The van der Waals surface area contributed by atoms with E-state index in [0.717, 1.165) is 37.4 Å². The summed E-state index contributed by atoms with van der Waals surface area (Å²) in [5.74, 6) is -1.28. The molecule has 1 aromatic rings. The van der Waals surface area contributed by atoms with Crippen molar-refractivity contribution in [1.29, 1.82) is 0 Å². The number of carboxylic acid groups (broad SMARTS) is 1. The van der Waals surface area contributed by atoms with Crippen LogP contribution >= 0.6 is 0 Å². The van der Waals surface area contributed by atoms with Gasteiger partial charge < -0.3 is 19.9 Å². The molecule has 1 heterocycles. The van der Waals surface area contributed by atoms with Gasteiger partial charge in [0.2, 0.25) is 5.91 Å². The topological polar surface area (TPSA) is 84.9 Å². The lowest BCUT2D eigenvalue weighted by Gasteiger charge is -2.32. The SMILES string of the molecule is Cc1cc(NC(=O)C2CCC2C(=O)O)ccc1OC1CCOCC1. The number of nitrogens with one attached hydrogen (secondary N) is 1. The van der Waals surface area contributed by atoms with Crippen LogP contribution in [0.25, 0.3) is 0 Å². The Bertz CT molecular complexity index is 624. The largest absolute Gasteiger partial charge is 0.490 e. The Morgan fingerprint density at radius 3 is 2.46 bits per heavy atom. The van der Waals surface area contributed by atoms with E-state index in [-0.39, 0.29) is 12.0 Å². The van der Waals surface area contributed by atoms with Gasteiger partial charge in [-0.15, -0.1) is 0 Å². The number of anilines is 1. The Balaban J connectivity index is 1.60. The highest BCUT2D eigenvalue weighted by atomic mass is 16.5. The number of amides is 1. The number of aryl methyl sites for hydroxylation is 1. The van der Waals surface area contributed by atoms with Crippen molar-refractivity contribution < 1.29 is 24.2 Å². The predicted molar refractivity (Wildman–Crippen MR) is 88.1 cm³/mol. The summed E-state index contributed by atoms with van der Waals surface area (Å²) < 4.78 is 11.3.